The first kappa shape index (κ1) is 12.3. The van der Waals surface area contributed by atoms with E-state index in [1.54, 1.807) is 28.2 Å². The fraction of sp³-hybridized carbons (Fsp3) is 0.214. The van der Waals surface area contributed by atoms with Gasteiger partial charge < -0.3 is 5.73 Å². The molecule has 0 saturated carbocycles. The van der Waals surface area contributed by atoms with Crippen LogP contribution in [0.3, 0.4) is 0 Å². The molecule has 0 saturated heterocycles. The highest BCUT2D eigenvalue weighted by atomic mass is 32.1. The number of hydrogen-bond acceptors (Lipinski definition) is 3. The molecule has 0 spiro atoms. The Hall–Kier alpha value is -1.72. The first-order chi connectivity index (χ1) is 9.11. The molecule has 98 valence electrons. The van der Waals surface area contributed by atoms with Crippen LogP contribution in [0, 0.1) is 5.82 Å². The molecule has 0 aliphatic rings. The van der Waals surface area contributed by atoms with E-state index in [0.29, 0.717) is 6.42 Å². The molecule has 0 radical (unpaired) electrons. The zero-order chi connectivity index (χ0) is 13.4. The van der Waals surface area contributed by atoms with Crippen LogP contribution in [0.15, 0.2) is 36.5 Å². The lowest BCUT2D eigenvalue weighted by molar-refractivity contribution is 0.630. The van der Waals surface area contributed by atoms with Gasteiger partial charge in [-0.15, -0.1) is 11.3 Å². The molecule has 5 heteroatoms. The first-order valence-electron chi connectivity index (χ1n) is 6.05. The molecule has 3 nitrogen and oxygen atoms in total. The zero-order valence-electron chi connectivity index (χ0n) is 10.5. The van der Waals surface area contributed by atoms with Crippen LogP contribution in [-0.4, -0.2) is 9.78 Å². The van der Waals surface area contributed by atoms with E-state index in [-0.39, 0.29) is 11.9 Å². The molecule has 3 rings (SSSR count). The van der Waals surface area contributed by atoms with Crippen molar-refractivity contribution in [3.8, 4) is 0 Å². The average Bonchev–Trinajstić information content (AvgIpc) is 2.95. The maximum atomic E-state index is 13.2. The van der Waals surface area contributed by atoms with E-state index in [4.69, 9.17) is 5.73 Å². The van der Waals surface area contributed by atoms with Gasteiger partial charge in [-0.3, -0.25) is 4.68 Å². The molecule has 3 aromatic rings. The SMILES string of the molecule is Cn1ccc(CC(N)c2cc3cc(F)ccc3s2)n1. The summed E-state index contributed by atoms with van der Waals surface area (Å²) in [6.07, 6.45) is 2.60. The Labute approximate surface area is 114 Å². The minimum absolute atomic E-state index is 0.102. The summed E-state index contributed by atoms with van der Waals surface area (Å²) in [7, 11) is 1.89. The van der Waals surface area contributed by atoms with Crippen molar-refractivity contribution >= 4 is 21.4 Å². The highest BCUT2D eigenvalue weighted by Gasteiger charge is 2.12. The van der Waals surface area contributed by atoms with Crippen LogP contribution < -0.4 is 5.73 Å². The van der Waals surface area contributed by atoms with Gasteiger partial charge in [-0.05, 0) is 35.7 Å². The third-order valence-electron chi connectivity index (χ3n) is 3.06. The van der Waals surface area contributed by atoms with E-state index in [2.05, 4.69) is 5.10 Å². The van der Waals surface area contributed by atoms with Crippen molar-refractivity contribution in [2.24, 2.45) is 12.8 Å². The Kier molecular flexibility index (Phi) is 3.08. The number of nitrogens with zero attached hydrogens (tertiary/aromatic N) is 2. The summed E-state index contributed by atoms with van der Waals surface area (Å²) in [6, 6.07) is 8.65. The second-order valence-electron chi connectivity index (χ2n) is 4.62. The molecular formula is C14H14FN3S. The van der Waals surface area contributed by atoms with Gasteiger partial charge in [-0.25, -0.2) is 4.39 Å². The normalized spacial score (nSPS) is 13.0. The second-order valence-corrected chi connectivity index (χ2v) is 5.74. The van der Waals surface area contributed by atoms with Gasteiger partial charge in [0.05, 0.1) is 5.69 Å². The Morgan fingerprint density at radius 2 is 2.21 bits per heavy atom. The lowest BCUT2D eigenvalue weighted by Gasteiger charge is -2.06. The van der Waals surface area contributed by atoms with Crippen LogP contribution >= 0.6 is 11.3 Å². The summed E-state index contributed by atoms with van der Waals surface area (Å²) in [4.78, 5) is 1.06. The molecule has 0 aliphatic carbocycles. The van der Waals surface area contributed by atoms with Crippen molar-refractivity contribution < 1.29 is 4.39 Å². The van der Waals surface area contributed by atoms with Crippen LogP contribution in [0.25, 0.3) is 10.1 Å². The third-order valence-corrected chi connectivity index (χ3v) is 4.31. The Morgan fingerprint density at radius 1 is 1.37 bits per heavy atom. The molecule has 1 aromatic carbocycles. The minimum atomic E-state index is -0.213. The van der Waals surface area contributed by atoms with Gasteiger partial charge in [0.25, 0.3) is 0 Å². The average molecular weight is 275 g/mol. The molecule has 2 aromatic heterocycles. The molecule has 1 atom stereocenters. The van der Waals surface area contributed by atoms with Gasteiger partial charge in [0.15, 0.2) is 0 Å². The monoisotopic (exact) mass is 275 g/mol. The molecule has 0 aliphatic heterocycles. The standard InChI is InChI=1S/C14H14FN3S/c1-18-5-4-11(17-18)8-12(16)14-7-9-6-10(15)2-3-13(9)19-14/h2-7,12H,8,16H2,1H3. The van der Waals surface area contributed by atoms with Gasteiger partial charge in [0.1, 0.15) is 5.82 Å². The number of rotatable bonds is 3. The number of aromatic nitrogens is 2. The van der Waals surface area contributed by atoms with Gasteiger partial charge in [0.2, 0.25) is 0 Å². The van der Waals surface area contributed by atoms with Crippen molar-refractivity contribution in [3.63, 3.8) is 0 Å². The summed E-state index contributed by atoms with van der Waals surface area (Å²) < 4.78 is 16.0. The van der Waals surface area contributed by atoms with Crippen molar-refractivity contribution in [1.82, 2.24) is 9.78 Å². The maximum Gasteiger partial charge on any atom is 0.123 e. The quantitative estimate of drug-likeness (QED) is 0.798. The molecule has 0 amide bonds. The predicted octanol–water partition coefficient (Wildman–Crippen LogP) is 3.02. The predicted molar refractivity (Wildman–Crippen MR) is 75.6 cm³/mol. The van der Waals surface area contributed by atoms with Crippen molar-refractivity contribution in [2.75, 3.05) is 0 Å². The number of aryl methyl sites for hydroxylation is 1. The van der Waals surface area contributed by atoms with Gasteiger partial charge >= 0.3 is 0 Å². The molecule has 0 bridgehead atoms. The highest BCUT2D eigenvalue weighted by molar-refractivity contribution is 7.19. The summed E-state index contributed by atoms with van der Waals surface area (Å²) in [5.74, 6) is -0.213. The lowest BCUT2D eigenvalue weighted by Crippen LogP contribution is -2.12. The molecule has 2 N–H and O–H groups in total. The lowest BCUT2D eigenvalue weighted by atomic mass is 10.1. The fourth-order valence-electron chi connectivity index (χ4n) is 2.12. The number of halogens is 1. The Bertz CT molecular complexity index is 716. The highest BCUT2D eigenvalue weighted by Crippen LogP contribution is 2.30. The summed E-state index contributed by atoms with van der Waals surface area (Å²) in [5, 5.41) is 5.24. The second kappa shape index (κ2) is 4.75. The zero-order valence-corrected chi connectivity index (χ0v) is 11.3. The number of thiophene rings is 1. The summed E-state index contributed by atoms with van der Waals surface area (Å²) >= 11 is 1.61. The smallest absolute Gasteiger partial charge is 0.123 e. The van der Waals surface area contributed by atoms with Gasteiger partial charge in [-0.1, -0.05) is 0 Å². The van der Waals surface area contributed by atoms with E-state index in [1.807, 2.05) is 25.4 Å². The Morgan fingerprint density at radius 3 is 2.95 bits per heavy atom. The minimum Gasteiger partial charge on any atom is -0.323 e. The van der Waals surface area contributed by atoms with Gasteiger partial charge in [-0.2, -0.15) is 5.10 Å². The molecule has 19 heavy (non-hydrogen) atoms. The topological polar surface area (TPSA) is 43.8 Å². The van der Waals surface area contributed by atoms with E-state index in [1.165, 1.54) is 6.07 Å². The summed E-state index contributed by atoms with van der Waals surface area (Å²) in [5.41, 5.74) is 7.18. The van der Waals surface area contributed by atoms with Crippen molar-refractivity contribution in [3.05, 3.63) is 52.9 Å². The number of fused-ring (bicyclic) bond motifs is 1. The third kappa shape index (κ3) is 2.52. The number of benzene rings is 1. The number of hydrogen-bond donors (Lipinski definition) is 1. The van der Waals surface area contributed by atoms with Gasteiger partial charge in [0, 0.05) is 35.3 Å². The molecule has 0 fully saturated rings. The fourth-order valence-corrected chi connectivity index (χ4v) is 3.16. The van der Waals surface area contributed by atoms with Crippen LogP contribution in [0.4, 0.5) is 4.39 Å². The maximum absolute atomic E-state index is 13.2. The van der Waals surface area contributed by atoms with E-state index in [9.17, 15) is 4.39 Å². The molecular weight excluding hydrogens is 261 g/mol. The molecule has 2 heterocycles. The Balaban J connectivity index is 1.86. The van der Waals surface area contributed by atoms with Crippen molar-refractivity contribution in [2.45, 2.75) is 12.5 Å². The number of nitrogens with two attached hydrogens (primary N) is 1. The van der Waals surface area contributed by atoms with Crippen LogP contribution in [0.2, 0.25) is 0 Å². The molecule has 1 unspecified atom stereocenters. The van der Waals surface area contributed by atoms with Crippen molar-refractivity contribution in [1.29, 1.82) is 0 Å². The van der Waals surface area contributed by atoms with E-state index < -0.39 is 0 Å². The largest absolute Gasteiger partial charge is 0.323 e. The first-order valence-corrected chi connectivity index (χ1v) is 6.86. The van der Waals surface area contributed by atoms with E-state index in [0.717, 1.165) is 20.7 Å². The van der Waals surface area contributed by atoms with Crippen LogP contribution in [-0.2, 0) is 13.5 Å². The van der Waals surface area contributed by atoms with Crippen LogP contribution in [0.1, 0.15) is 16.6 Å². The van der Waals surface area contributed by atoms with Crippen LogP contribution in [0.5, 0.6) is 0 Å². The summed E-state index contributed by atoms with van der Waals surface area (Å²) in [6.45, 7) is 0. The van der Waals surface area contributed by atoms with E-state index >= 15 is 0 Å².